The van der Waals surface area contributed by atoms with Crippen LogP contribution < -0.4 is 0 Å². The molecule has 5 heteroatoms. The first-order chi connectivity index (χ1) is 8.55. The molecule has 0 aliphatic heterocycles. The van der Waals surface area contributed by atoms with E-state index in [0.717, 1.165) is 34.1 Å². The summed E-state index contributed by atoms with van der Waals surface area (Å²) >= 11 is 1.55. The molecular weight excluding hydrogens is 246 g/mol. The Bertz CT molecular complexity index is 565. The van der Waals surface area contributed by atoms with Crippen LogP contribution in [-0.4, -0.2) is 20.1 Å². The fraction of sp³-hybridized carbons (Fsp3) is 0.462. The Morgan fingerprint density at radius 1 is 1.44 bits per heavy atom. The highest BCUT2D eigenvalue weighted by molar-refractivity contribution is 7.15. The molecule has 1 atom stereocenters. The highest BCUT2D eigenvalue weighted by Crippen LogP contribution is 2.44. The van der Waals surface area contributed by atoms with Gasteiger partial charge in [0.25, 0.3) is 0 Å². The summed E-state index contributed by atoms with van der Waals surface area (Å²) in [4.78, 5) is 13.8. The monoisotopic (exact) mass is 261 g/mol. The maximum absolute atomic E-state index is 10.2. The first-order valence-corrected chi connectivity index (χ1v) is 6.81. The topological polar surface area (TPSA) is 58.9 Å². The molecule has 2 aromatic heterocycles. The van der Waals surface area contributed by atoms with Gasteiger partial charge in [0.05, 0.1) is 16.7 Å². The number of hydrogen-bond acceptors (Lipinski definition) is 5. The molecule has 94 valence electrons. The van der Waals surface area contributed by atoms with Gasteiger partial charge < -0.3 is 5.11 Å². The van der Waals surface area contributed by atoms with Crippen LogP contribution in [0.15, 0.2) is 18.6 Å². The van der Waals surface area contributed by atoms with Crippen LogP contribution in [0.3, 0.4) is 0 Å². The second-order valence-corrected chi connectivity index (χ2v) is 6.52. The summed E-state index contributed by atoms with van der Waals surface area (Å²) in [5.41, 5.74) is 1.97. The summed E-state index contributed by atoms with van der Waals surface area (Å²) in [5.74, 6) is 0. The van der Waals surface area contributed by atoms with Gasteiger partial charge in [-0.05, 0) is 24.3 Å². The molecule has 0 amide bonds. The van der Waals surface area contributed by atoms with Crippen molar-refractivity contribution in [2.45, 2.75) is 32.8 Å². The van der Waals surface area contributed by atoms with Crippen LogP contribution in [0.2, 0.25) is 0 Å². The highest BCUT2D eigenvalue weighted by Gasteiger charge is 2.34. The van der Waals surface area contributed by atoms with Crippen molar-refractivity contribution in [2.24, 2.45) is 5.41 Å². The molecule has 2 aromatic rings. The van der Waals surface area contributed by atoms with Crippen LogP contribution >= 0.6 is 11.3 Å². The van der Waals surface area contributed by atoms with Crippen molar-refractivity contribution in [2.75, 3.05) is 0 Å². The van der Waals surface area contributed by atoms with Gasteiger partial charge in [-0.1, -0.05) is 13.8 Å². The first kappa shape index (κ1) is 11.7. The van der Waals surface area contributed by atoms with Crippen molar-refractivity contribution in [3.8, 4) is 10.7 Å². The lowest BCUT2D eigenvalue weighted by Crippen LogP contribution is -2.24. The lowest BCUT2D eigenvalue weighted by molar-refractivity contribution is 0.102. The Balaban J connectivity index is 2.03. The number of nitrogens with zero attached hydrogens (tertiary/aromatic N) is 3. The maximum atomic E-state index is 10.2. The largest absolute Gasteiger partial charge is 0.387 e. The molecule has 1 N–H and O–H groups in total. The number of fused-ring (bicyclic) bond motifs is 1. The molecule has 0 bridgehead atoms. The lowest BCUT2D eigenvalue weighted by Gasteiger charge is -2.31. The van der Waals surface area contributed by atoms with Crippen LogP contribution in [0.1, 0.15) is 36.9 Å². The van der Waals surface area contributed by atoms with E-state index in [1.165, 1.54) is 6.33 Å². The van der Waals surface area contributed by atoms with Crippen molar-refractivity contribution < 1.29 is 5.11 Å². The van der Waals surface area contributed by atoms with Crippen molar-refractivity contribution in [3.63, 3.8) is 0 Å². The second-order valence-electron chi connectivity index (χ2n) is 5.49. The van der Waals surface area contributed by atoms with Crippen molar-refractivity contribution in [1.82, 2.24) is 15.0 Å². The number of rotatable bonds is 1. The lowest BCUT2D eigenvalue weighted by atomic mass is 9.77. The summed E-state index contributed by atoms with van der Waals surface area (Å²) in [5, 5.41) is 11.1. The van der Waals surface area contributed by atoms with E-state index >= 15 is 0 Å². The average molecular weight is 261 g/mol. The van der Waals surface area contributed by atoms with E-state index in [0.29, 0.717) is 0 Å². The summed E-state index contributed by atoms with van der Waals surface area (Å²) in [6, 6.07) is 1.85. The number of aliphatic hydroxyl groups excluding tert-OH is 1. The number of aliphatic hydroxyl groups is 1. The predicted molar refractivity (Wildman–Crippen MR) is 70.2 cm³/mol. The third kappa shape index (κ3) is 2.04. The van der Waals surface area contributed by atoms with Crippen LogP contribution in [0, 0.1) is 5.41 Å². The molecule has 4 nitrogen and oxygen atoms in total. The number of hydrogen-bond donors (Lipinski definition) is 1. The molecule has 0 fully saturated rings. The zero-order valence-electron chi connectivity index (χ0n) is 10.4. The van der Waals surface area contributed by atoms with Gasteiger partial charge in [0, 0.05) is 6.20 Å². The van der Waals surface area contributed by atoms with Gasteiger partial charge in [0.15, 0.2) is 0 Å². The van der Waals surface area contributed by atoms with E-state index in [9.17, 15) is 5.11 Å². The Hall–Kier alpha value is -1.33. The minimum absolute atomic E-state index is 0.115. The molecule has 0 aromatic carbocycles. The van der Waals surface area contributed by atoms with Gasteiger partial charge in [-0.3, -0.25) is 0 Å². The minimum Gasteiger partial charge on any atom is -0.387 e. The first-order valence-electron chi connectivity index (χ1n) is 5.99. The van der Waals surface area contributed by atoms with Gasteiger partial charge in [-0.25, -0.2) is 15.0 Å². The average Bonchev–Trinajstić information content (AvgIpc) is 2.72. The smallest absolute Gasteiger partial charge is 0.142 e. The molecule has 1 unspecified atom stereocenters. The Kier molecular flexibility index (Phi) is 2.68. The maximum Gasteiger partial charge on any atom is 0.142 e. The number of thiazole rings is 1. The zero-order valence-corrected chi connectivity index (χ0v) is 11.2. The van der Waals surface area contributed by atoms with Crippen molar-refractivity contribution >= 4 is 11.3 Å². The molecule has 18 heavy (non-hydrogen) atoms. The Morgan fingerprint density at radius 3 is 3.00 bits per heavy atom. The minimum atomic E-state index is -0.392. The van der Waals surface area contributed by atoms with E-state index in [2.05, 4.69) is 28.8 Å². The summed E-state index contributed by atoms with van der Waals surface area (Å²) in [7, 11) is 0. The van der Waals surface area contributed by atoms with Crippen LogP contribution in [0.25, 0.3) is 10.7 Å². The zero-order chi connectivity index (χ0) is 12.8. The number of aromatic nitrogens is 3. The standard InChI is InChI=1S/C13H15N3OS/c1-13(2)5-9-11(10(17)6-13)18-12(16-9)8-3-4-14-7-15-8/h3-4,7,10,17H,5-6H2,1-2H3. The van der Waals surface area contributed by atoms with E-state index in [-0.39, 0.29) is 5.41 Å². The van der Waals surface area contributed by atoms with Crippen LogP contribution in [0.4, 0.5) is 0 Å². The van der Waals surface area contributed by atoms with Gasteiger partial charge in [-0.2, -0.15) is 0 Å². The quantitative estimate of drug-likeness (QED) is 0.857. The van der Waals surface area contributed by atoms with Gasteiger partial charge >= 0.3 is 0 Å². The molecular formula is C13H15N3OS. The van der Waals surface area contributed by atoms with Crippen molar-refractivity contribution in [1.29, 1.82) is 0 Å². The Morgan fingerprint density at radius 2 is 2.28 bits per heavy atom. The van der Waals surface area contributed by atoms with Crippen LogP contribution in [0.5, 0.6) is 0 Å². The SMILES string of the molecule is CC1(C)Cc2nc(-c3ccncn3)sc2C(O)C1. The predicted octanol–water partition coefficient (Wildman–Crippen LogP) is 2.61. The fourth-order valence-electron chi connectivity index (χ4n) is 2.42. The summed E-state index contributed by atoms with van der Waals surface area (Å²) in [6.07, 6.45) is 4.56. The van der Waals surface area contributed by atoms with Crippen molar-refractivity contribution in [3.05, 3.63) is 29.2 Å². The third-order valence-electron chi connectivity index (χ3n) is 3.22. The van der Waals surface area contributed by atoms with Gasteiger partial charge in [0.2, 0.25) is 0 Å². The van der Waals surface area contributed by atoms with Gasteiger partial charge in [0.1, 0.15) is 17.0 Å². The highest BCUT2D eigenvalue weighted by atomic mass is 32.1. The summed E-state index contributed by atoms with van der Waals surface area (Å²) < 4.78 is 0. The normalized spacial score (nSPS) is 21.6. The molecule has 1 aliphatic carbocycles. The van der Waals surface area contributed by atoms with Crippen LogP contribution in [-0.2, 0) is 6.42 Å². The molecule has 0 saturated carbocycles. The van der Waals surface area contributed by atoms with E-state index in [4.69, 9.17) is 0 Å². The molecule has 0 spiro atoms. The molecule has 3 rings (SSSR count). The molecule has 1 aliphatic rings. The summed E-state index contributed by atoms with van der Waals surface area (Å²) in [6.45, 7) is 4.34. The van der Waals surface area contributed by atoms with E-state index in [1.54, 1.807) is 17.5 Å². The Labute approximate surface area is 110 Å². The van der Waals surface area contributed by atoms with E-state index < -0.39 is 6.10 Å². The van der Waals surface area contributed by atoms with Gasteiger partial charge in [-0.15, -0.1) is 11.3 Å². The molecule has 0 radical (unpaired) electrons. The second kappa shape index (κ2) is 4.10. The molecule has 0 saturated heterocycles. The fourth-order valence-corrected chi connectivity index (χ4v) is 3.46. The molecule has 2 heterocycles. The third-order valence-corrected chi connectivity index (χ3v) is 4.44. The van der Waals surface area contributed by atoms with E-state index in [1.807, 2.05) is 6.07 Å².